The fourth-order valence-electron chi connectivity index (χ4n) is 3.10. The van der Waals surface area contributed by atoms with Crippen molar-refractivity contribution >= 4 is 34.1 Å². The Balaban J connectivity index is 1.53. The Kier molecular flexibility index (Phi) is 5.30. The molecule has 0 unspecified atom stereocenters. The summed E-state index contributed by atoms with van der Waals surface area (Å²) in [6, 6.07) is 5.66. The van der Waals surface area contributed by atoms with Gasteiger partial charge in [-0.3, -0.25) is 14.3 Å². The van der Waals surface area contributed by atoms with Gasteiger partial charge in [-0.2, -0.15) is 4.98 Å². The molecule has 1 amide bonds. The van der Waals surface area contributed by atoms with E-state index in [-0.39, 0.29) is 17.3 Å². The van der Waals surface area contributed by atoms with Gasteiger partial charge in [0.25, 0.3) is 0 Å². The number of hydrogen-bond donors (Lipinski definition) is 1. The number of nitrogens with one attached hydrogen (secondary N) is 1. The first-order valence-electron chi connectivity index (χ1n) is 8.55. The molecule has 3 aromatic heterocycles. The highest BCUT2D eigenvalue weighted by Crippen LogP contribution is 2.29. The Hall–Kier alpha value is -2.52. The SMILES string of the molecule is O=C(CSc1nc(=O)n(Cc2ccccn2)c2c1CCC2)Nc1nccs1. The highest BCUT2D eigenvalue weighted by molar-refractivity contribution is 8.00. The smallest absolute Gasteiger partial charge is 0.301 e. The first-order valence-corrected chi connectivity index (χ1v) is 10.4. The Morgan fingerprint density at radius 1 is 1.26 bits per heavy atom. The first-order chi connectivity index (χ1) is 13.2. The molecular weight excluding hydrogens is 382 g/mol. The van der Waals surface area contributed by atoms with Crippen molar-refractivity contribution in [3.63, 3.8) is 0 Å². The molecule has 27 heavy (non-hydrogen) atoms. The van der Waals surface area contributed by atoms with Crippen LogP contribution in [0, 0.1) is 0 Å². The van der Waals surface area contributed by atoms with E-state index in [4.69, 9.17) is 0 Å². The van der Waals surface area contributed by atoms with Crippen molar-refractivity contribution in [3.05, 3.63) is 63.4 Å². The second-order valence-electron chi connectivity index (χ2n) is 6.06. The van der Waals surface area contributed by atoms with Gasteiger partial charge in [-0.15, -0.1) is 11.3 Å². The number of carbonyl (C=O) groups excluding carboxylic acids is 1. The molecule has 0 fully saturated rings. The average molecular weight is 400 g/mol. The van der Waals surface area contributed by atoms with Crippen LogP contribution in [0.1, 0.15) is 23.4 Å². The molecule has 4 rings (SSSR count). The summed E-state index contributed by atoms with van der Waals surface area (Å²) in [5.41, 5.74) is 2.64. The number of pyridine rings is 1. The van der Waals surface area contributed by atoms with Crippen LogP contribution in [-0.2, 0) is 24.2 Å². The average Bonchev–Trinajstić information content (AvgIpc) is 3.35. The third-order valence-corrected chi connectivity index (χ3v) is 5.97. The summed E-state index contributed by atoms with van der Waals surface area (Å²) >= 11 is 2.68. The minimum Gasteiger partial charge on any atom is -0.301 e. The maximum absolute atomic E-state index is 12.6. The van der Waals surface area contributed by atoms with E-state index in [1.54, 1.807) is 22.3 Å². The van der Waals surface area contributed by atoms with Crippen LogP contribution in [0.5, 0.6) is 0 Å². The number of amides is 1. The van der Waals surface area contributed by atoms with Crippen LogP contribution >= 0.6 is 23.1 Å². The molecule has 0 radical (unpaired) electrons. The van der Waals surface area contributed by atoms with Gasteiger partial charge in [-0.25, -0.2) is 9.78 Å². The second-order valence-corrected chi connectivity index (χ2v) is 7.92. The lowest BCUT2D eigenvalue weighted by atomic mass is 10.2. The minimum absolute atomic E-state index is 0.152. The monoisotopic (exact) mass is 399 g/mol. The van der Waals surface area contributed by atoms with Crippen molar-refractivity contribution in [2.75, 3.05) is 11.1 Å². The summed E-state index contributed by atoms with van der Waals surface area (Å²) in [5.74, 6) is 0.0454. The van der Waals surface area contributed by atoms with Crippen LogP contribution in [0.2, 0.25) is 0 Å². The third-order valence-electron chi connectivity index (χ3n) is 4.27. The maximum atomic E-state index is 12.6. The van der Waals surface area contributed by atoms with Gasteiger partial charge in [0.1, 0.15) is 5.03 Å². The van der Waals surface area contributed by atoms with Gasteiger partial charge in [0.05, 0.1) is 18.0 Å². The van der Waals surface area contributed by atoms with Gasteiger partial charge in [0.2, 0.25) is 5.91 Å². The lowest BCUT2D eigenvalue weighted by molar-refractivity contribution is -0.113. The van der Waals surface area contributed by atoms with E-state index in [1.807, 2.05) is 18.2 Å². The first kappa shape index (κ1) is 17.9. The van der Waals surface area contributed by atoms with Crippen LogP contribution < -0.4 is 11.0 Å². The normalized spacial score (nSPS) is 12.7. The van der Waals surface area contributed by atoms with E-state index in [9.17, 15) is 9.59 Å². The zero-order valence-electron chi connectivity index (χ0n) is 14.4. The number of thiazole rings is 1. The molecule has 0 atom stereocenters. The molecule has 3 aromatic rings. The molecule has 3 heterocycles. The molecule has 7 nitrogen and oxygen atoms in total. The van der Waals surface area contributed by atoms with E-state index in [2.05, 4.69) is 20.3 Å². The third kappa shape index (κ3) is 4.09. The number of aromatic nitrogens is 4. The summed E-state index contributed by atoms with van der Waals surface area (Å²) in [4.78, 5) is 37.3. The zero-order chi connectivity index (χ0) is 18.6. The molecular formula is C18H17N5O2S2. The minimum atomic E-state index is -0.288. The Morgan fingerprint density at radius 3 is 2.96 bits per heavy atom. The number of fused-ring (bicyclic) bond motifs is 1. The molecule has 0 aliphatic heterocycles. The number of hydrogen-bond acceptors (Lipinski definition) is 7. The standard InChI is InChI=1S/C18H17N5O2S2/c24-15(21-17-20-8-9-26-17)11-27-16-13-5-3-6-14(13)23(18(25)22-16)10-12-4-1-2-7-19-12/h1-2,4,7-9H,3,5-6,10-11H2,(H,20,21,24). The van der Waals surface area contributed by atoms with Crippen LogP contribution in [0.3, 0.4) is 0 Å². The Labute approximate surface area is 163 Å². The lowest BCUT2D eigenvalue weighted by Crippen LogP contribution is -2.28. The number of thioether (sulfide) groups is 1. The molecule has 1 N–H and O–H groups in total. The van der Waals surface area contributed by atoms with Crippen LogP contribution in [0.4, 0.5) is 5.13 Å². The Bertz CT molecular complexity index is 1000. The van der Waals surface area contributed by atoms with Gasteiger partial charge >= 0.3 is 5.69 Å². The number of carbonyl (C=O) groups is 1. The van der Waals surface area contributed by atoms with Crippen LogP contribution in [-0.4, -0.2) is 31.2 Å². The molecule has 1 aliphatic carbocycles. The van der Waals surface area contributed by atoms with E-state index in [1.165, 1.54) is 23.1 Å². The molecule has 0 bridgehead atoms. The predicted octanol–water partition coefficient (Wildman–Crippen LogP) is 2.36. The van der Waals surface area contributed by atoms with Crippen molar-refractivity contribution in [1.82, 2.24) is 19.5 Å². The molecule has 138 valence electrons. The number of nitrogens with zero attached hydrogens (tertiary/aromatic N) is 4. The predicted molar refractivity (Wildman–Crippen MR) is 105 cm³/mol. The number of anilines is 1. The topological polar surface area (TPSA) is 89.8 Å². The van der Waals surface area contributed by atoms with Gasteiger partial charge in [0, 0.05) is 29.0 Å². The zero-order valence-corrected chi connectivity index (χ0v) is 16.1. The van der Waals surface area contributed by atoms with E-state index in [0.29, 0.717) is 16.7 Å². The largest absolute Gasteiger partial charge is 0.349 e. The van der Waals surface area contributed by atoms with Gasteiger partial charge in [-0.05, 0) is 31.4 Å². The fourth-order valence-corrected chi connectivity index (χ4v) is 4.52. The number of rotatable bonds is 6. The van der Waals surface area contributed by atoms with Gasteiger partial charge < -0.3 is 5.32 Å². The molecule has 0 spiro atoms. The second kappa shape index (κ2) is 8.01. The fraction of sp³-hybridized carbons (Fsp3) is 0.278. The van der Waals surface area contributed by atoms with Crippen molar-refractivity contribution in [3.8, 4) is 0 Å². The van der Waals surface area contributed by atoms with Crippen molar-refractivity contribution in [2.24, 2.45) is 0 Å². The summed E-state index contributed by atoms with van der Waals surface area (Å²) < 4.78 is 1.71. The highest BCUT2D eigenvalue weighted by atomic mass is 32.2. The maximum Gasteiger partial charge on any atom is 0.349 e. The van der Waals surface area contributed by atoms with Crippen LogP contribution in [0.15, 0.2) is 45.8 Å². The summed E-state index contributed by atoms with van der Waals surface area (Å²) in [6.45, 7) is 0.421. The van der Waals surface area contributed by atoms with Crippen molar-refractivity contribution in [1.29, 1.82) is 0 Å². The van der Waals surface area contributed by atoms with Crippen molar-refractivity contribution in [2.45, 2.75) is 30.8 Å². The molecule has 9 heteroatoms. The van der Waals surface area contributed by atoms with Gasteiger partial charge in [-0.1, -0.05) is 17.8 Å². The van der Waals surface area contributed by atoms with E-state index in [0.717, 1.165) is 36.2 Å². The quantitative estimate of drug-likeness (QED) is 0.506. The molecule has 1 aliphatic rings. The molecule has 0 saturated carbocycles. The highest BCUT2D eigenvalue weighted by Gasteiger charge is 2.22. The molecule has 0 saturated heterocycles. The van der Waals surface area contributed by atoms with Crippen molar-refractivity contribution < 1.29 is 4.79 Å². The summed E-state index contributed by atoms with van der Waals surface area (Å²) in [5, 5.41) is 5.79. The Morgan fingerprint density at radius 2 is 2.19 bits per heavy atom. The lowest BCUT2D eigenvalue weighted by Gasteiger charge is -2.13. The van der Waals surface area contributed by atoms with E-state index >= 15 is 0 Å². The summed E-state index contributed by atoms with van der Waals surface area (Å²) in [6.07, 6.45) is 6.07. The van der Waals surface area contributed by atoms with E-state index < -0.39 is 0 Å². The molecule has 0 aromatic carbocycles. The van der Waals surface area contributed by atoms with Gasteiger partial charge in [0.15, 0.2) is 5.13 Å². The summed E-state index contributed by atoms with van der Waals surface area (Å²) in [7, 11) is 0. The van der Waals surface area contributed by atoms with Crippen LogP contribution in [0.25, 0.3) is 0 Å².